The molecule has 0 aromatic rings. The topological polar surface area (TPSA) is 26.3 Å². The van der Waals surface area contributed by atoms with Crippen molar-refractivity contribution in [3.8, 4) is 0 Å². The van der Waals surface area contributed by atoms with Gasteiger partial charge in [-0.1, -0.05) is 19.8 Å². The van der Waals surface area contributed by atoms with Gasteiger partial charge in [-0.2, -0.15) is 0 Å². The van der Waals surface area contributed by atoms with Crippen LogP contribution in [0.15, 0.2) is 0 Å². The molecular formula is C10H16O2. The van der Waals surface area contributed by atoms with Gasteiger partial charge in [-0.05, 0) is 18.8 Å². The third-order valence-electron chi connectivity index (χ3n) is 3.45. The van der Waals surface area contributed by atoms with E-state index in [-0.39, 0.29) is 11.4 Å². The molecule has 2 aliphatic rings. The number of carbonyl (C=O) groups is 1. The number of esters is 1. The normalized spacial score (nSPS) is 37.2. The minimum absolute atomic E-state index is 0.00407. The highest BCUT2D eigenvalue weighted by Gasteiger charge is 2.43. The van der Waals surface area contributed by atoms with Crippen LogP contribution in [0, 0.1) is 11.3 Å². The summed E-state index contributed by atoms with van der Waals surface area (Å²) in [6.07, 6.45) is 5.93. The molecule has 0 amide bonds. The summed E-state index contributed by atoms with van der Waals surface area (Å²) >= 11 is 0. The maximum atomic E-state index is 11.0. The zero-order valence-corrected chi connectivity index (χ0v) is 7.64. The van der Waals surface area contributed by atoms with E-state index in [0.717, 1.165) is 5.92 Å². The minimum Gasteiger partial charge on any atom is -0.465 e. The Hall–Kier alpha value is -0.530. The lowest BCUT2D eigenvalue weighted by Crippen LogP contribution is -2.25. The molecule has 0 aromatic carbocycles. The number of hydrogen-bond donors (Lipinski definition) is 0. The summed E-state index contributed by atoms with van der Waals surface area (Å²) in [5, 5.41) is 0. The molecule has 0 spiro atoms. The van der Waals surface area contributed by atoms with E-state index in [4.69, 9.17) is 4.74 Å². The van der Waals surface area contributed by atoms with Crippen LogP contribution in [0.25, 0.3) is 0 Å². The Morgan fingerprint density at radius 3 is 2.58 bits per heavy atom. The SMILES string of the molecule is CC1(C2CCCC2)COC(=O)C1. The van der Waals surface area contributed by atoms with E-state index in [1.807, 2.05) is 0 Å². The van der Waals surface area contributed by atoms with Gasteiger partial charge in [0.05, 0.1) is 13.0 Å². The van der Waals surface area contributed by atoms with Gasteiger partial charge in [-0.25, -0.2) is 0 Å². The predicted octanol–water partition coefficient (Wildman–Crippen LogP) is 2.13. The van der Waals surface area contributed by atoms with Crippen molar-refractivity contribution in [2.45, 2.75) is 39.0 Å². The summed E-state index contributed by atoms with van der Waals surface area (Å²) in [5.74, 6) is 0.744. The third kappa shape index (κ3) is 1.23. The first-order chi connectivity index (χ1) is 5.71. The molecule has 1 saturated carbocycles. The van der Waals surface area contributed by atoms with Gasteiger partial charge in [0.1, 0.15) is 0 Å². The molecule has 2 heteroatoms. The second-order valence-electron chi connectivity index (χ2n) is 4.47. The van der Waals surface area contributed by atoms with Gasteiger partial charge in [0.25, 0.3) is 0 Å². The van der Waals surface area contributed by atoms with E-state index in [2.05, 4.69) is 6.92 Å². The van der Waals surface area contributed by atoms with Crippen LogP contribution in [-0.2, 0) is 9.53 Å². The maximum absolute atomic E-state index is 11.0. The molecule has 0 bridgehead atoms. The van der Waals surface area contributed by atoms with Gasteiger partial charge in [0.15, 0.2) is 0 Å². The molecule has 2 nitrogen and oxygen atoms in total. The predicted molar refractivity (Wildman–Crippen MR) is 45.6 cm³/mol. The van der Waals surface area contributed by atoms with E-state index in [0.29, 0.717) is 13.0 Å². The first kappa shape index (κ1) is 8.09. The molecule has 1 saturated heterocycles. The molecule has 1 aliphatic heterocycles. The number of carbonyl (C=O) groups excluding carboxylic acids is 1. The molecule has 0 radical (unpaired) electrons. The highest BCUT2D eigenvalue weighted by Crippen LogP contribution is 2.45. The lowest BCUT2D eigenvalue weighted by Gasteiger charge is -2.27. The van der Waals surface area contributed by atoms with Gasteiger partial charge in [-0.3, -0.25) is 4.79 Å². The molecule has 12 heavy (non-hydrogen) atoms. The second kappa shape index (κ2) is 2.75. The lowest BCUT2D eigenvalue weighted by atomic mass is 9.75. The van der Waals surface area contributed by atoms with Crippen LogP contribution in [0.5, 0.6) is 0 Å². The quantitative estimate of drug-likeness (QED) is 0.561. The van der Waals surface area contributed by atoms with E-state index >= 15 is 0 Å². The number of rotatable bonds is 1. The Morgan fingerprint density at radius 2 is 2.08 bits per heavy atom. The van der Waals surface area contributed by atoms with Crippen molar-refractivity contribution in [3.05, 3.63) is 0 Å². The Bertz CT molecular complexity index is 194. The van der Waals surface area contributed by atoms with E-state index in [1.165, 1.54) is 25.7 Å². The van der Waals surface area contributed by atoms with Crippen molar-refractivity contribution in [2.75, 3.05) is 6.61 Å². The van der Waals surface area contributed by atoms with Gasteiger partial charge in [0, 0.05) is 5.41 Å². The summed E-state index contributed by atoms with van der Waals surface area (Å²) in [6, 6.07) is 0. The molecule has 2 fully saturated rings. The fraction of sp³-hybridized carbons (Fsp3) is 0.900. The molecule has 1 unspecified atom stereocenters. The van der Waals surface area contributed by atoms with E-state index in [1.54, 1.807) is 0 Å². The molecule has 1 atom stereocenters. The van der Waals surface area contributed by atoms with Gasteiger partial charge in [0.2, 0.25) is 0 Å². The molecule has 1 aliphatic carbocycles. The summed E-state index contributed by atoms with van der Waals surface area (Å²) in [7, 11) is 0. The Morgan fingerprint density at radius 1 is 1.42 bits per heavy atom. The van der Waals surface area contributed by atoms with E-state index < -0.39 is 0 Å². The monoisotopic (exact) mass is 168 g/mol. The van der Waals surface area contributed by atoms with Crippen molar-refractivity contribution < 1.29 is 9.53 Å². The Kier molecular flexibility index (Phi) is 1.85. The van der Waals surface area contributed by atoms with Gasteiger partial charge in [-0.15, -0.1) is 0 Å². The van der Waals surface area contributed by atoms with E-state index in [9.17, 15) is 4.79 Å². The Labute approximate surface area is 73.3 Å². The molecule has 0 N–H and O–H groups in total. The summed E-state index contributed by atoms with van der Waals surface area (Å²) in [5.41, 5.74) is 0.174. The van der Waals surface area contributed by atoms with Gasteiger partial charge >= 0.3 is 5.97 Å². The fourth-order valence-electron chi connectivity index (χ4n) is 2.56. The first-order valence-corrected chi connectivity index (χ1v) is 4.86. The standard InChI is InChI=1S/C10H16O2/c1-10(6-9(11)12-7-10)8-4-2-3-5-8/h8H,2-7H2,1H3. The summed E-state index contributed by atoms with van der Waals surface area (Å²) in [4.78, 5) is 11.0. The highest BCUT2D eigenvalue weighted by atomic mass is 16.5. The van der Waals surface area contributed by atoms with Crippen LogP contribution in [-0.4, -0.2) is 12.6 Å². The van der Waals surface area contributed by atoms with Crippen LogP contribution >= 0.6 is 0 Å². The van der Waals surface area contributed by atoms with Crippen LogP contribution < -0.4 is 0 Å². The number of cyclic esters (lactones) is 1. The van der Waals surface area contributed by atoms with Crippen molar-refractivity contribution >= 4 is 5.97 Å². The molecular weight excluding hydrogens is 152 g/mol. The van der Waals surface area contributed by atoms with Crippen LogP contribution in [0.1, 0.15) is 39.0 Å². The molecule has 68 valence electrons. The van der Waals surface area contributed by atoms with Gasteiger partial charge < -0.3 is 4.74 Å². The molecule has 1 heterocycles. The molecule has 0 aromatic heterocycles. The van der Waals surface area contributed by atoms with Crippen LogP contribution in [0.4, 0.5) is 0 Å². The van der Waals surface area contributed by atoms with Crippen molar-refractivity contribution in [1.29, 1.82) is 0 Å². The fourth-order valence-corrected chi connectivity index (χ4v) is 2.56. The van der Waals surface area contributed by atoms with Crippen molar-refractivity contribution in [3.63, 3.8) is 0 Å². The largest absolute Gasteiger partial charge is 0.465 e. The third-order valence-corrected chi connectivity index (χ3v) is 3.45. The first-order valence-electron chi connectivity index (χ1n) is 4.86. The summed E-state index contributed by atoms with van der Waals surface area (Å²) < 4.78 is 5.04. The van der Waals surface area contributed by atoms with Crippen molar-refractivity contribution in [2.24, 2.45) is 11.3 Å². The van der Waals surface area contributed by atoms with Crippen LogP contribution in [0.2, 0.25) is 0 Å². The maximum Gasteiger partial charge on any atom is 0.306 e. The highest BCUT2D eigenvalue weighted by molar-refractivity contribution is 5.72. The average molecular weight is 168 g/mol. The second-order valence-corrected chi connectivity index (χ2v) is 4.47. The smallest absolute Gasteiger partial charge is 0.306 e. The van der Waals surface area contributed by atoms with Crippen molar-refractivity contribution in [1.82, 2.24) is 0 Å². The Balaban J connectivity index is 2.05. The minimum atomic E-state index is 0.00407. The number of ether oxygens (including phenoxy) is 1. The lowest BCUT2D eigenvalue weighted by molar-refractivity contribution is -0.137. The zero-order chi connectivity index (χ0) is 8.60. The zero-order valence-electron chi connectivity index (χ0n) is 7.64. The molecule has 2 rings (SSSR count). The van der Waals surface area contributed by atoms with Crippen LogP contribution in [0.3, 0.4) is 0 Å². The number of hydrogen-bond acceptors (Lipinski definition) is 2. The average Bonchev–Trinajstić information content (AvgIpc) is 2.59. The summed E-state index contributed by atoms with van der Waals surface area (Å²) in [6.45, 7) is 2.87.